The number of hydrogen-bond donors (Lipinski definition) is 10. The van der Waals surface area contributed by atoms with Crippen LogP contribution in [0, 0.1) is 5.92 Å². The van der Waals surface area contributed by atoms with Gasteiger partial charge in [0.25, 0.3) is 11.8 Å². The summed E-state index contributed by atoms with van der Waals surface area (Å²) in [6, 6.07) is 24.5. The Morgan fingerprint density at radius 3 is 1.63 bits per heavy atom. The predicted octanol–water partition coefficient (Wildman–Crippen LogP) is 5.36. The maximum Gasteiger partial charge on any atom is 0.415 e. The summed E-state index contributed by atoms with van der Waals surface area (Å²) in [5, 5.41) is 55.2. The molecule has 0 bridgehead atoms. The van der Waals surface area contributed by atoms with Crippen molar-refractivity contribution in [3.05, 3.63) is 124 Å². The molecule has 12 N–H and O–H groups in total. The van der Waals surface area contributed by atoms with Crippen LogP contribution in [0.2, 0.25) is 0 Å². The van der Waals surface area contributed by atoms with Gasteiger partial charge in [0.05, 0.1) is 107 Å². The van der Waals surface area contributed by atoms with Crippen LogP contribution in [0.1, 0.15) is 81.0 Å². The highest BCUT2D eigenvalue weighted by atomic mass is 35.5. The number of likely N-dealkylation sites (N-methyl/N-ethyl adjacent to an activating group) is 2. The van der Waals surface area contributed by atoms with Crippen LogP contribution < -0.4 is 52.0 Å². The van der Waals surface area contributed by atoms with Crippen LogP contribution in [-0.4, -0.2) is 272 Å². The van der Waals surface area contributed by atoms with Crippen LogP contribution in [-0.2, 0) is 58.9 Å². The number of nitrogens with zero attached hydrogens (tertiary/aromatic N) is 4. The van der Waals surface area contributed by atoms with Crippen molar-refractivity contribution in [1.29, 1.82) is 0 Å². The third kappa shape index (κ3) is 23.5. The monoisotopic (exact) mass is 1620 g/mol. The van der Waals surface area contributed by atoms with E-state index in [9.17, 15) is 58.8 Å². The van der Waals surface area contributed by atoms with Crippen LogP contribution in [0.4, 0.5) is 31.4 Å². The molecule has 1 aromatic heterocycles. The topological polar surface area (TPSA) is 423 Å². The molecule has 1 fully saturated rings. The molecule has 112 heavy (non-hydrogen) atoms. The van der Waals surface area contributed by atoms with Gasteiger partial charge in [0.1, 0.15) is 54.6 Å². The number of alkyl halides is 2. The van der Waals surface area contributed by atoms with Crippen LogP contribution >= 0.6 is 34.5 Å². The van der Waals surface area contributed by atoms with E-state index in [1.165, 1.54) is 23.9 Å². The Morgan fingerprint density at radius 2 is 1.12 bits per heavy atom. The summed E-state index contributed by atoms with van der Waals surface area (Å²) in [6.45, 7) is 8.05. The zero-order valence-electron chi connectivity index (χ0n) is 62.9. The first kappa shape index (κ1) is 87.3. The number of hydrogen-bond acceptors (Lipinski definition) is 24. The fourth-order valence-corrected chi connectivity index (χ4v) is 14.3. The molecule has 35 heteroatoms. The molecule has 9 unspecified atom stereocenters. The number of carbonyl (C=O) groups excluding carboxylic acids is 8. The fourth-order valence-electron chi connectivity index (χ4n) is 12.9. The average Bonchev–Trinajstić information content (AvgIpc) is 1.57. The van der Waals surface area contributed by atoms with Gasteiger partial charge < -0.3 is 120 Å². The molecule has 0 radical (unpaired) electrons. The molecule has 32 nitrogen and oxygen atoms in total. The lowest BCUT2D eigenvalue weighted by Gasteiger charge is -2.39. The van der Waals surface area contributed by atoms with Crippen molar-refractivity contribution in [3.63, 3.8) is 0 Å². The molecule has 0 saturated carbocycles. The summed E-state index contributed by atoms with van der Waals surface area (Å²) in [7, 11) is 3.01. The molecule has 5 aromatic carbocycles. The number of nitrogens with two attached hydrogens (primary N) is 2. The molecule has 0 aliphatic carbocycles. The minimum absolute atomic E-state index is 0.00895. The van der Waals surface area contributed by atoms with Gasteiger partial charge in [-0.2, -0.15) is 0 Å². The highest BCUT2D eigenvalue weighted by molar-refractivity contribution is 7.16. The lowest BCUT2D eigenvalue weighted by Crippen LogP contribution is -2.60. The molecule has 610 valence electrons. The maximum atomic E-state index is 14.8. The predicted molar refractivity (Wildman–Crippen MR) is 418 cm³/mol. The van der Waals surface area contributed by atoms with E-state index >= 15 is 0 Å². The van der Waals surface area contributed by atoms with Crippen LogP contribution in [0.5, 0.6) is 11.5 Å². The number of carbonyl (C=O) groups is 8. The summed E-state index contributed by atoms with van der Waals surface area (Å²) < 4.78 is 56.3. The Kier molecular flexibility index (Phi) is 34.0. The fraction of sp³-hybridized carbons (Fsp3) is 0.506. The number of benzene rings is 5. The SMILES string of the molecule is CC(C)C(NC(=O)CCOCCOCCOCCOCCOCCOCCN)C(=O)NC(CCCNC(N)=O)C(=O)Nc1ccc(COC(=O)N(C)CCN(C)C(=O)Oc2cc3c(c4ccccc24)C(CCl)CN3C(=O)c2ccc(C(=O)N3CC(CCl)c4c3cc(OC3OC(CO)C(O)C(O)C3O)c3ccccc43)s2)cc1. The van der Waals surface area contributed by atoms with Crippen LogP contribution in [0.25, 0.3) is 21.5 Å². The van der Waals surface area contributed by atoms with Crippen molar-refractivity contribution in [2.24, 2.45) is 17.4 Å². The molecule has 1 saturated heterocycles. The van der Waals surface area contributed by atoms with Gasteiger partial charge >= 0.3 is 18.2 Å². The van der Waals surface area contributed by atoms with E-state index in [1.807, 2.05) is 24.3 Å². The first-order chi connectivity index (χ1) is 54.0. The van der Waals surface area contributed by atoms with Gasteiger partial charge in [0, 0.05) is 112 Å². The average molecular weight is 1620 g/mol. The van der Waals surface area contributed by atoms with Gasteiger partial charge in [-0.25, -0.2) is 14.4 Å². The zero-order valence-corrected chi connectivity index (χ0v) is 65.3. The second-order valence-corrected chi connectivity index (χ2v) is 28.9. The molecule has 4 heterocycles. The first-order valence-corrected chi connectivity index (χ1v) is 38.9. The summed E-state index contributed by atoms with van der Waals surface area (Å²) in [6.07, 6.45) is -8.92. The molecule has 9 rings (SSSR count). The Labute approximate surface area is 662 Å². The smallest absolute Gasteiger partial charge is 0.415 e. The van der Waals surface area contributed by atoms with Gasteiger partial charge in [-0.05, 0) is 70.5 Å². The van der Waals surface area contributed by atoms with E-state index in [0.717, 1.165) is 22.5 Å². The van der Waals surface area contributed by atoms with E-state index in [4.69, 9.17) is 82.0 Å². The number of rotatable bonds is 43. The molecule has 3 aliphatic heterocycles. The molecule has 9 amide bonds. The largest absolute Gasteiger partial charge is 0.461 e. The Bertz CT molecular complexity index is 4150. The number of aliphatic hydroxyl groups is 4. The van der Waals surface area contributed by atoms with Gasteiger partial charge in [0.2, 0.25) is 24.0 Å². The van der Waals surface area contributed by atoms with E-state index in [-0.39, 0.29) is 129 Å². The van der Waals surface area contributed by atoms with Crippen molar-refractivity contribution in [2.45, 2.75) is 94.3 Å². The van der Waals surface area contributed by atoms with Gasteiger partial charge in [-0.1, -0.05) is 74.5 Å². The lowest BCUT2D eigenvalue weighted by molar-refractivity contribution is -0.277. The Morgan fingerprint density at radius 1 is 0.625 bits per heavy atom. The van der Waals surface area contributed by atoms with E-state index in [0.29, 0.717) is 110 Å². The minimum Gasteiger partial charge on any atom is -0.461 e. The van der Waals surface area contributed by atoms with Gasteiger partial charge in [-0.3, -0.25) is 24.0 Å². The number of thiophene rings is 1. The first-order valence-electron chi connectivity index (χ1n) is 37.0. The van der Waals surface area contributed by atoms with E-state index < -0.39 is 97.1 Å². The van der Waals surface area contributed by atoms with Crippen molar-refractivity contribution >= 4 is 121 Å². The second kappa shape index (κ2) is 43.6. The lowest BCUT2D eigenvalue weighted by atomic mass is 9.95. The molecular weight excluding hydrogens is 1520 g/mol. The quantitative estimate of drug-likeness (QED) is 0.0170. The summed E-state index contributed by atoms with van der Waals surface area (Å²) >= 11 is 14.3. The van der Waals surface area contributed by atoms with Crippen LogP contribution in [0.15, 0.2) is 97.1 Å². The molecule has 3 aliphatic rings. The number of urea groups is 1. The third-order valence-corrected chi connectivity index (χ3v) is 20.7. The standard InChI is InChI=1S/C77H100Cl2N10O22S/c1-46(2)66(85-63(91)21-26-102-28-30-104-32-34-106-36-37-107-35-33-105-31-29-103-27-22-80)71(96)84-55(14-9-23-82-75(81)99)70(95)83-50-17-15-47(16-18-50)45-108-76(100)86(3)24-25-87(4)77(101)111-59-39-57-65(54-13-8-6-11-52(54)59)49(41-79)43-89(57)73(98)62-20-19-61(112-62)72(97)88-42-48(40-78)64-53-12-7-5-10-51(53)58(38-56(64)88)109-74-69(94)68(93)67(92)60(44-90)110-74/h5-8,10-13,15-20,38-39,46,48-49,55,60,66-69,74,90,92-94H,9,14,21-37,40-45,80H2,1-4H3,(H,83,95)(H,84,96)(H,85,91)(H3,81,82,99). The number of nitrogens with one attached hydrogen (secondary N) is 4. The molecular formula is C77H100Cl2N10O22S. The maximum absolute atomic E-state index is 14.8. The molecule has 0 spiro atoms. The summed E-state index contributed by atoms with van der Waals surface area (Å²) in [4.78, 5) is 115. The normalized spacial score (nSPS) is 18.4. The van der Waals surface area contributed by atoms with Crippen molar-refractivity contribution in [1.82, 2.24) is 25.8 Å². The number of ether oxygens (including phenoxy) is 10. The molecule has 6 aromatic rings. The minimum atomic E-state index is -1.70. The zero-order chi connectivity index (χ0) is 80.4. The Hall–Kier alpha value is -8.62. The van der Waals surface area contributed by atoms with Crippen LogP contribution in [0.3, 0.4) is 0 Å². The van der Waals surface area contributed by atoms with Gasteiger partial charge in [-0.15, -0.1) is 34.5 Å². The molecule has 9 atom stereocenters. The highest BCUT2D eigenvalue weighted by Crippen LogP contribution is 2.49. The van der Waals surface area contributed by atoms with Gasteiger partial charge in [0.15, 0.2) is 0 Å². The number of primary amides is 1. The van der Waals surface area contributed by atoms with Crippen molar-refractivity contribution < 1.29 is 106 Å². The third-order valence-electron chi connectivity index (χ3n) is 18.9. The highest BCUT2D eigenvalue weighted by Gasteiger charge is 2.46. The number of halogens is 2. The van der Waals surface area contributed by atoms with Crippen molar-refractivity contribution in [2.75, 3.05) is 166 Å². The van der Waals surface area contributed by atoms with Crippen molar-refractivity contribution in [3.8, 4) is 11.5 Å². The van der Waals surface area contributed by atoms with E-state index in [2.05, 4.69) is 21.3 Å². The second-order valence-electron chi connectivity index (χ2n) is 27.2. The number of anilines is 3. The summed E-state index contributed by atoms with van der Waals surface area (Å²) in [5.41, 5.74) is 14.0. The van der Waals surface area contributed by atoms with E-state index in [1.54, 1.807) is 96.4 Å². The summed E-state index contributed by atoms with van der Waals surface area (Å²) in [5.74, 6) is -2.91. The number of aliphatic hydroxyl groups excluding tert-OH is 4. The number of fused-ring (bicyclic) bond motifs is 6. The number of amides is 9. The Balaban J connectivity index is 0.737.